The molecule has 2 aromatic rings. The predicted molar refractivity (Wildman–Crippen MR) is 136 cm³/mol. The summed E-state index contributed by atoms with van der Waals surface area (Å²) < 4.78 is 0. The normalized spacial score (nSPS) is 16.4. The molecule has 0 spiro atoms. The van der Waals surface area contributed by atoms with Crippen LogP contribution in [0.15, 0.2) is 90.4 Å². The molecule has 2 heterocycles. The van der Waals surface area contributed by atoms with Crippen LogP contribution in [0.4, 0.5) is 0 Å². The first-order valence-electron chi connectivity index (χ1n) is 11.5. The monoisotopic (exact) mass is 414 g/mol. The van der Waals surface area contributed by atoms with Gasteiger partial charge in [-0.05, 0) is 66.7 Å². The zero-order valence-electron chi connectivity index (χ0n) is 20.0. The molecular formula is C29H38N2. The molecular weight excluding hydrogens is 376 g/mol. The summed E-state index contributed by atoms with van der Waals surface area (Å²) >= 11 is 0. The lowest BCUT2D eigenvalue weighted by atomic mass is 9.93. The van der Waals surface area contributed by atoms with Crippen LogP contribution in [-0.2, 0) is 0 Å². The van der Waals surface area contributed by atoms with Crippen molar-refractivity contribution in [3.63, 3.8) is 0 Å². The van der Waals surface area contributed by atoms with E-state index < -0.39 is 0 Å². The zero-order valence-corrected chi connectivity index (χ0v) is 20.0. The van der Waals surface area contributed by atoms with Crippen molar-refractivity contribution in [2.45, 2.75) is 60.4 Å². The Morgan fingerprint density at radius 1 is 1.13 bits per heavy atom. The van der Waals surface area contributed by atoms with E-state index in [9.17, 15) is 0 Å². The van der Waals surface area contributed by atoms with Gasteiger partial charge in [0.05, 0.1) is 6.04 Å². The molecule has 1 aliphatic heterocycles. The Morgan fingerprint density at radius 2 is 1.84 bits per heavy atom. The summed E-state index contributed by atoms with van der Waals surface area (Å²) in [4.78, 5) is 4.29. The van der Waals surface area contributed by atoms with Crippen LogP contribution in [0.25, 0.3) is 5.57 Å². The van der Waals surface area contributed by atoms with Gasteiger partial charge < -0.3 is 5.32 Å². The number of aryl methyl sites for hydroxylation is 1. The van der Waals surface area contributed by atoms with Crippen molar-refractivity contribution in [3.05, 3.63) is 107 Å². The minimum atomic E-state index is 0.102. The van der Waals surface area contributed by atoms with Gasteiger partial charge in [-0.1, -0.05) is 88.2 Å². The highest BCUT2D eigenvalue weighted by Gasteiger charge is 2.18. The van der Waals surface area contributed by atoms with Crippen molar-refractivity contribution in [1.82, 2.24) is 10.3 Å². The van der Waals surface area contributed by atoms with E-state index in [4.69, 9.17) is 0 Å². The third kappa shape index (κ3) is 7.71. The van der Waals surface area contributed by atoms with Crippen molar-refractivity contribution < 1.29 is 0 Å². The molecule has 0 amide bonds. The third-order valence-corrected chi connectivity index (χ3v) is 5.36. The molecule has 0 bridgehead atoms. The van der Waals surface area contributed by atoms with Crippen LogP contribution in [0.1, 0.15) is 70.2 Å². The number of nitrogens with one attached hydrogen (secondary N) is 1. The quantitative estimate of drug-likeness (QED) is 0.485. The molecule has 164 valence electrons. The third-order valence-electron chi connectivity index (χ3n) is 5.36. The number of nitrogens with zero attached hydrogens (tertiary/aromatic N) is 1. The van der Waals surface area contributed by atoms with Crippen molar-refractivity contribution in [2.75, 3.05) is 0 Å². The van der Waals surface area contributed by atoms with Crippen molar-refractivity contribution >= 4 is 5.57 Å². The van der Waals surface area contributed by atoms with Gasteiger partial charge in [-0.2, -0.15) is 0 Å². The van der Waals surface area contributed by atoms with E-state index in [1.165, 1.54) is 28.7 Å². The van der Waals surface area contributed by atoms with Crippen LogP contribution in [-0.4, -0.2) is 4.98 Å². The number of allylic oxidation sites excluding steroid dienone is 5. The Labute approximate surface area is 189 Å². The van der Waals surface area contributed by atoms with Crippen LogP contribution in [0.3, 0.4) is 0 Å². The average molecular weight is 415 g/mol. The fourth-order valence-electron chi connectivity index (χ4n) is 3.05. The summed E-state index contributed by atoms with van der Waals surface area (Å²) in [5, 5.41) is 3.67. The Balaban J connectivity index is 0.000000614. The number of hydrogen-bond acceptors (Lipinski definition) is 2. The smallest absolute Gasteiger partial charge is 0.0722 e. The largest absolute Gasteiger partial charge is 0.374 e. The van der Waals surface area contributed by atoms with E-state index in [-0.39, 0.29) is 6.04 Å². The number of dihydropyridines is 1. The molecule has 1 aromatic carbocycles. The first-order valence-corrected chi connectivity index (χ1v) is 11.5. The number of benzene rings is 1. The Hall–Kier alpha value is -2.87. The fraction of sp³-hybridized carbons (Fsp3) is 0.345. The lowest BCUT2D eigenvalue weighted by Crippen LogP contribution is -2.23. The first-order chi connectivity index (χ1) is 15.0. The van der Waals surface area contributed by atoms with Crippen LogP contribution in [0.5, 0.6) is 0 Å². The molecule has 0 fully saturated rings. The maximum Gasteiger partial charge on any atom is 0.0722 e. The molecule has 0 aliphatic carbocycles. The van der Waals surface area contributed by atoms with Gasteiger partial charge in [0.2, 0.25) is 0 Å². The maximum absolute atomic E-state index is 4.29. The van der Waals surface area contributed by atoms with Gasteiger partial charge in [-0.15, -0.1) is 0 Å². The zero-order chi connectivity index (χ0) is 22.6. The van der Waals surface area contributed by atoms with E-state index in [1.807, 2.05) is 18.5 Å². The minimum Gasteiger partial charge on any atom is -0.374 e. The SMILES string of the molecule is C/C=C(\C=C/CC)C1=CC(c2ccc(C)cc2)=CC(c2cccnc2)N1.CCC(C)C. The Bertz CT molecular complexity index is 913. The van der Waals surface area contributed by atoms with E-state index >= 15 is 0 Å². The van der Waals surface area contributed by atoms with E-state index in [1.54, 1.807) is 0 Å². The molecule has 1 unspecified atom stereocenters. The molecule has 2 heteroatoms. The van der Waals surface area contributed by atoms with Gasteiger partial charge in [0.15, 0.2) is 0 Å². The number of hydrogen-bond donors (Lipinski definition) is 1. The van der Waals surface area contributed by atoms with E-state index in [2.05, 4.69) is 113 Å². The molecule has 0 radical (unpaired) electrons. The second-order valence-corrected chi connectivity index (χ2v) is 8.31. The maximum atomic E-state index is 4.29. The number of pyridine rings is 1. The summed E-state index contributed by atoms with van der Waals surface area (Å²) in [6.45, 7) is 13.0. The van der Waals surface area contributed by atoms with Crippen LogP contribution >= 0.6 is 0 Å². The highest BCUT2D eigenvalue weighted by Crippen LogP contribution is 2.30. The second-order valence-electron chi connectivity index (χ2n) is 8.31. The van der Waals surface area contributed by atoms with Gasteiger partial charge in [0.1, 0.15) is 0 Å². The van der Waals surface area contributed by atoms with E-state index in [0.29, 0.717) is 0 Å². The molecule has 1 atom stereocenters. The topological polar surface area (TPSA) is 24.9 Å². The van der Waals surface area contributed by atoms with E-state index in [0.717, 1.165) is 23.6 Å². The number of aromatic nitrogens is 1. The molecule has 0 saturated heterocycles. The van der Waals surface area contributed by atoms with Crippen molar-refractivity contribution in [3.8, 4) is 0 Å². The van der Waals surface area contributed by atoms with Crippen molar-refractivity contribution in [1.29, 1.82) is 0 Å². The minimum absolute atomic E-state index is 0.102. The van der Waals surface area contributed by atoms with Gasteiger partial charge in [0.25, 0.3) is 0 Å². The first kappa shape index (κ1) is 24.4. The number of rotatable bonds is 6. The highest BCUT2D eigenvalue weighted by atomic mass is 14.9. The standard InChI is InChI=1S/C24H26N2.C5H12/c1-4-6-8-19(5-2)23-15-22(20-12-10-18(3)11-13-20)16-24(26-23)21-9-7-14-25-17-21;1-4-5(2)3/h5-17,24,26H,4H2,1-3H3;5H,4H2,1-3H3/b8-6-,19-5+;. The molecule has 2 nitrogen and oxygen atoms in total. The fourth-order valence-corrected chi connectivity index (χ4v) is 3.05. The summed E-state index contributed by atoms with van der Waals surface area (Å²) in [7, 11) is 0. The molecule has 3 rings (SSSR count). The van der Waals surface area contributed by atoms with Gasteiger partial charge in [-0.25, -0.2) is 0 Å². The summed E-state index contributed by atoms with van der Waals surface area (Å²) in [6.07, 6.45) is 17.1. The lowest BCUT2D eigenvalue weighted by Gasteiger charge is -2.26. The summed E-state index contributed by atoms with van der Waals surface area (Å²) in [5.41, 5.74) is 7.26. The summed E-state index contributed by atoms with van der Waals surface area (Å²) in [5.74, 6) is 0.884. The molecule has 31 heavy (non-hydrogen) atoms. The van der Waals surface area contributed by atoms with Gasteiger partial charge in [-0.3, -0.25) is 4.98 Å². The van der Waals surface area contributed by atoms with Gasteiger partial charge >= 0.3 is 0 Å². The molecule has 1 aromatic heterocycles. The van der Waals surface area contributed by atoms with Crippen molar-refractivity contribution in [2.24, 2.45) is 5.92 Å². The molecule has 1 aliphatic rings. The highest BCUT2D eigenvalue weighted by molar-refractivity contribution is 5.78. The molecule has 0 saturated carbocycles. The molecule has 1 N–H and O–H groups in total. The lowest BCUT2D eigenvalue weighted by molar-refractivity contribution is 0.626. The Morgan fingerprint density at radius 3 is 2.39 bits per heavy atom. The van der Waals surface area contributed by atoms with Gasteiger partial charge in [0, 0.05) is 18.1 Å². The van der Waals surface area contributed by atoms with Crippen LogP contribution in [0.2, 0.25) is 0 Å². The summed E-state index contributed by atoms with van der Waals surface area (Å²) in [6, 6.07) is 12.9. The Kier molecular flexibility index (Phi) is 10.0. The second kappa shape index (κ2) is 12.7. The average Bonchev–Trinajstić information content (AvgIpc) is 2.81. The van der Waals surface area contributed by atoms with Crippen LogP contribution < -0.4 is 5.32 Å². The van der Waals surface area contributed by atoms with Crippen LogP contribution in [0, 0.1) is 12.8 Å². The predicted octanol–water partition coefficient (Wildman–Crippen LogP) is 7.97.